The van der Waals surface area contributed by atoms with Crippen molar-refractivity contribution in [3.8, 4) is 11.4 Å². The van der Waals surface area contributed by atoms with E-state index in [1.165, 1.54) is 13.5 Å². The van der Waals surface area contributed by atoms with E-state index in [2.05, 4.69) is 9.88 Å². The Balaban J connectivity index is 1.61. The van der Waals surface area contributed by atoms with Gasteiger partial charge in [0.2, 0.25) is 5.91 Å². The van der Waals surface area contributed by atoms with Crippen LogP contribution in [0.25, 0.3) is 22.4 Å². The molecule has 3 aromatic carbocycles. The van der Waals surface area contributed by atoms with Gasteiger partial charge in [0.1, 0.15) is 11.9 Å². The van der Waals surface area contributed by atoms with Gasteiger partial charge in [0.05, 0.1) is 23.7 Å². The van der Waals surface area contributed by atoms with Crippen LogP contribution >= 0.6 is 0 Å². The number of fused-ring (bicyclic) bond motifs is 1. The third-order valence-electron chi connectivity index (χ3n) is 6.82. The molecule has 178 valence electrons. The average molecular weight is 468 g/mol. The van der Waals surface area contributed by atoms with Crippen molar-refractivity contribution < 1.29 is 14.3 Å². The second-order valence-corrected chi connectivity index (χ2v) is 9.06. The zero-order valence-corrected chi connectivity index (χ0v) is 19.8. The molecule has 0 spiro atoms. The minimum absolute atomic E-state index is 0.0979. The maximum atomic E-state index is 14.0. The van der Waals surface area contributed by atoms with Crippen LogP contribution in [0, 0.1) is 5.92 Å². The fraction of sp³-hybridized carbons (Fsp3) is 0.276. The fourth-order valence-electron chi connectivity index (χ4n) is 5.17. The van der Waals surface area contributed by atoms with Gasteiger partial charge in [-0.3, -0.25) is 4.79 Å². The topological polar surface area (TPSA) is 73.2 Å². The van der Waals surface area contributed by atoms with Gasteiger partial charge in [-0.15, -0.1) is 0 Å². The van der Waals surface area contributed by atoms with Gasteiger partial charge in [0.15, 0.2) is 0 Å². The van der Waals surface area contributed by atoms with Crippen LogP contribution in [0.15, 0.2) is 78.9 Å². The number of amides is 1. The monoisotopic (exact) mass is 467 g/mol. The first-order valence-electron chi connectivity index (χ1n) is 12.2. The number of nitrogens with zero attached hydrogens (tertiary/aromatic N) is 2. The van der Waals surface area contributed by atoms with Crippen molar-refractivity contribution in [2.75, 3.05) is 12.4 Å². The van der Waals surface area contributed by atoms with E-state index in [4.69, 9.17) is 9.72 Å². The Labute approximate surface area is 204 Å². The Bertz CT molecular complexity index is 1340. The summed E-state index contributed by atoms with van der Waals surface area (Å²) in [6.45, 7) is 0. The van der Waals surface area contributed by atoms with Crippen LogP contribution in [-0.2, 0) is 9.53 Å². The lowest BCUT2D eigenvalue weighted by atomic mass is 9.83. The van der Waals surface area contributed by atoms with Crippen LogP contribution in [0.2, 0.25) is 0 Å². The number of methoxy groups -OCH3 is 1. The van der Waals surface area contributed by atoms with Gasteiger partial charge in [-0.05, 0) is 49.1 Å². The summed E-state index contributed by atoms with van der Waals surface area (Å²) >= 11 is 0. The molecule has 1 aliphatic rings. The number of nitrogens with one attached hydrogen (secondary N) is 1. The highest BCUT2D eigenvalue weighted by Crippen LogP contribution is 2.38. The number of hydrogen-bond acceptors (Lipinski definition) is 4. The van der Waals surface area contributed by atoms with Crippen LogP contribution < -0.4 is 5.32 Å². The Morgan fingerprint density at radius 1 is 0.943 bits per heavy atom. The molecule has 1 aromatic heterocycles. The smallest absolute Gasteiger partial charge is 0.337 e. The second-order valence-electron chi connectivity index (χ2n) is 9.06. The molecule has 0 bridgehead atoms. The van der Waals surface area contributed by atoms with Crippen molar-refractivity contribution in [1.82, 2.24) is 9.55 Å². The van der Waals surface area contributed by atoms with E-state index in [0.29, 0.717) is 11.3 Å². The Morgan fingerprint density at radius 3 is 2.46 bits per heavy atom. The highest BCUT2D eigenvalue weighted by Gasteiger charge is 2.34. The Hall–Kier alpha value is -3.93. The molecule has 1 heterocycles. The van der Waals surface area contributed by atoms with Crippen molar-refractivity contribution in [3.05, 3.63) is 84.4 Å². The largest absolute Gasteiger partial charge is 0.465 e. The SMILES string of the molecule is COC(=O)c1cccc(NC(=O)C(C2CCCCC2)n2c(-c3ccccc3)nc3ccccc32)c1. The zero-order valence-electron chi connectivity index (χ0n) is 19.8. The predicted octanol–water partition coefficient (Wildman–Crippen LogP) is 6.25. The number of imidazole rings is 1. The first kappa shape index (κ1) is 22.8. The molecular formula is C29H29N3O3. The molecular weight excluding hydrogens is 438 g/mol. The highest BCUT2D eigenvalue weighted by molar-refractivity contribution is 5.97. The molecule has 5 rings (SSSR count). The number of para-hydroxylation sites is 2. The van der Waals surface area contributed by atoms with Crippen molar-refractivity contribution in [1.29, 1.82) is 0 Å². The van der Waals surface area contributed by atoms with Crippen molar-refractivity contribution in [2.45, 2.75) is 38.1 Å². The molecule has 1 atom stereocenters. The summed E-state index contributed by atoms with van der Waals surface area (Å²) < 4.78 is 6.97. The molecule has 4 aromatic rings. The fourth-order valence-corrected chi connectivity index (χ4v) is 5.17. The maximum absolute atomic E-state index is 14.0. The van der Waals surface area contributed by atoms with Crippen molar-refractivity contribution in [3.63, 3.8) is 0 Å². The van der Waals surface area contributed by atoms with E-state index in [-0.39, 0.29) is 11.8 Å². The van der Waals surface area contributed by atoms with Crippen LogP contribution in [0.3, 0.4) is 0 Å². The molecule has 6 heteroatoms. The maximum Gasteiger partial charge on any atom is 0.337 e. The molecule has 0 radical (unpaired) electrons. The zero-order chi connectivity index (χ0) is 24.2. The number of anilines is 1. The molecule has 1 unspecified atom stereocenters. The van der Waals surface area contributed by atoms with Crippen LogP contribution in [0.1, 0.15) is 48.5 Å². The molecule has 1 amide bonds. The third-order valence-corrected chi connectivity index (χ3v) is 6.82. The molecule has 6 nitrogen and oxygen atoms in total. The number of ether oxygens (including phenoxy) is 1. The van der Waals surface area contributed by atoms with Crippen LogP contribution in [-0.4, -0.2) is 28.5 Å². The van der Waals surface area contributed by atoms with E-state index in [1.807, 2.05) is 54.6 Å². The quantitative estimate of drug-likeness (QED) is 0.340. The lowest BCUT2D eigenvalue weighted by molar-refractivity contribution is -0.121. The molecule has 0 aliphatic heterocycles. The van der Waals surface area contributed by atoms with Gasteiger partial charge in [-0.2, -0.15) is 0 Å². The predicted molar refractivity (Wildman–Crippen MR) is 137 cm³/mol. The number of benzene rings is 3. The summed E-state index contributed by atoms with van der Waals surface area (Å²) in [5.74, 6) is 0.449. The summed E-state index contributed by atoms with van der Waals surface area (Å²) in [4.78, 5) is 31.0. The van der Waals surface area contributed by atoms with E-state index in [0.717, 1.165) is 48.1 Å². The number of rotatable bonds is 6. The number of carbonyl (C=O) groups is 2. The van der Waals surface area contributed by atoms with Gasteiger partial charge in [0.25, 0.3) is 0 Å². The first-order valence-corrected chi connectivity index (χ1v) is 12.2. The molecule has 1 N–H and O–H groups in total. The lowest BCUT2D eigenvalue weighted by Crippen LogP contribution is -2.33. The summed E-state index contributed by atoms with van der Waals surface area (Å²) in [6, 6.07) is 24.5. The normalized spacial score (nSPS) is 15.0. The van der Waals surface area contributed by atoms with Crippen molar-refractivity contribution in [2.24, 2.45) is 5.92 Å². The van der Waals surface area contributed by atoms with Crippen molar-refractivity contribution >= 4 is 28.6 Å². The van der Waals surface area contributed by atoms with Gasteiger partial charge < -0.3 is 14.6 Å². The number of esters is 1. The van der Waals surface area contributed by atoms with Crippen LogP contribution in [0.4, 0.5) is 5.69 Å². The molecule has 0 saturated heterocycles. The average Bonchev–Trinajstić information content (AvgIpc) is 3.29. The minimum Gasteiger partial charge on any atom is -0.465 e. The Morgan fingerprint density at radius 2 is 1.69 bits per heavy atom. The number of aromatic nitrogens is 2. The standard InChI is InChI=1S/C29H29N3O3/c1-35-29(34)22-15-10-16-23(19-22)30-28(33)26(20-11-4-2-5-12-20)32-25-18-9-8-17-24(25)31-27(32)21-13-6-3-7-14-21/h3,6-10,13-20,26H,2,4-5,11-12H2,1H3,(H,30,33). The van der Waals surface area contributed by atoms with E-state index in [1.54, 1.807) is 24.3 Å². The Kier molecular flexibility index (Phi) is 6.62. The third kappa shape index (κ3) is 4.69. The van der Waals surface area contributed by atoms with Gasteiger partial charge in [-0.25, -0.2) is 9.78 Å². The minimum atomic E-state index is -0.433. The van der Waals surface area contributed by atoms with E-state index in [9.17, 15) is 9.59 Å². The lowest BCUT2D eigenvalue weighted by Gasteiger charge is -2.32. The summed E-state index contributed by atoms with van der Waals surface area (Å²) in [5, 5.41) is 3.10. The summed E-state index contributed by atoms with van der Waals surface area (Å²) in [6.07, 6.45) is 5.39. The molecule has 1 saturated carbocycles. The molecule has 1 aliphatic carbocycles. The first-order chi connectivity index (χ1) is 17.2. The van der Waals surface area contributed by atoms with Crippen LogP contribution in [0.5, 0.6) is 0 Å². The number of hydrogen-bond donors (Lipinski definition) is 1. The summed E-state index contributed by atoms with van der Waals surface area (Å²) in [7, 11) is 1.35. The molecule has 1 fully saturated rings. The van der Waals surface area contributed by atoms with Gasteiger partial charge in [0, 0.05) is 11.3 Å². The number of carbonyl (C=O) groups excluding carboxylic acids is 2. The van der Waals surface area contributed by atoms with E-state index < -0.39 is 12.0 Å². The van der Waals surface area contributed by atoms with E-state index >= 15 is 0 Å². The van der Waals surface area contributed by atoms with Gasteiger partial charge >= 0.3 is 5.97 Å². The highest BCUT2D eigenvalue weighted by atomic mass is 16.5. The second kappa shape index (κ2) is 10.1. The van der Waals surface area contributed by atoms with Gasteiger partial charge in [-0.1, -0.05) is 67.8 Å². The molecule has 35 heavy (non-hydrogen) atoms. The summed E-state index contributed by atoms with van der Waals surface area (Å²) in [5.41, 5.74) is 3.76.